The topological polar surface area (TPSA) is 183 Å². The number of nitrogens with one attached hydrogen (secondary N) is 6. The number of guanidine groups is 2. The molecule has 0 radical (unpaired) electrons. The van der Waals surface area contributed by atoms with Crippen molar-refractivity contribution in [2.24, 2.45) is 0 Å². The second-order valence-corrected chi connectivity index (χ2v) is 10.8. The Morgan fingerprint density at radius 1 is 0.625 bits per heavy atom. The van der Waals surface area contributed by atoms with Crippen LogP contribution < -0.4 is 21.3 Å². The maximum atomic E-state index is 12.6. The maximum absolute atomic E-state index is 12.6. The highest BCUT2D eigenvalue weighted by molar-refractivity contribution is 6.08. The highest BCUT2D eigenvalue weighted by atomic mass is 16.6. The fraction of sp³-hybridized carbons (Fsp3) is 0.357. The summed E-state index contributed by atoms with van der Waals surface area (Å²) in [5.41, 5.74) is 0.812. The highest BCUT2D eigenvalue weighted by Crippen LogP contribution is 2.12. The number of benzene rings is 2. The third-order valence-corrected chi connectivity index (χ3v) is 4.81. The molecule has 4 amide bonds. The van der Waals surface area contributed by atoms with Crippen molar-refractivity contribution in [3.63, 3.8) is 0 Å². The quantitative estimate of drug-likeness (QED) is 0.242. The lowest BCUT2D eigenvalue weighted by atomic mass is 10.0. The zero-order valence-electron chi connectivity index (χ0n) is 23.5. The largest absolute Gasteiger partial charge is 0.444 e. The average Bonchev–Trinajstić information content (AvgIpc) is 2.80. The molecule has 214 valence electrons. The molecule has 0 fully saturated rings. The molecule has 0 heterocycles. The van der Waals surface area contributed by atoms with Crippen molar-refractivity contribution < 1.29 is 28.7 Å². The number of ether oxygens (including phenoxy) is 2. The van der Waals surface area contributed by atoms with Gasteiger partial charge in [-0.3, -0.25) is 41.7 Å². The summed E-state index contributed by atoms with van der Waals surface area (Å²) in [6.45, 7) is 10.1. The van der Waals surface area contributed by atoms with Crippen molar-refractivity contribution in [3.05, 3.63) is 70.8 Å². The van der Waals surface area contributed by atoms with E-state index in [2.05, 4.69) is 21.3 Å². The van der Waals surface area contributed by atoms with Crippen LogP contribution in [0.5, 0.6) is 0 Å². The fourth-order valence-electron chi connectivity index (χ4n) is 3.27. The molecule has 0 aliphatic carbocycles. The van der Waals surface area contributed by atoms with E-state index in [0.29, 0.717) is 24.0 Å². The first kappa shape index (κ1) is 31.5. The van der Waals surface area contributed by atoms with Crippen molar-refractivity contribution in [1.82, 2.24) is 21.3 Å². The van der Waals surface area contributed by atoms with Crippen LogP contribution in [-0.2, 0) is 22.3 Å². The Kier molecular flexibility index (Phi) is 10.5. The van der Waals surface area contributed by atoms with E-state index in [9.17, 15) is 19.2 Å². The Morgan fingerprint density at radius 3 is 1.30 bits per heavy atom. The zero-order valence-corrected chi connectivity index (χ0v) is 23.5. The summed E-state index contributed by atoms with van der Waals surface area (Å²) in [5.74, 6) is -2.14. The van der Waals surface area contributed by atoms with Gasteiger partial charge in [0.1, 0.15) is 11.2 Å². The van der Waals surface area contributed by atoms with Gasteiger partial charge in [0.25, 0.3) is 11.8 Å². The third kappa shape index (κ3) is 11.8. The number of carbonyl (C=O) groups excluding carboxylic acids is 4. The summed E-state index contributed by atoms with van der Waals surface area (Å²) in [6, 6.07) is 13.6. The van der Waals surface area contributed by atoms with Crippen LogP contribution in [0.25, 0.3) is 0 Å². The smallest absolute Gasteiger partial charge is 0.414 e. The molecule has 0 aromatic heterocycles. The molecule has 2 aromatic carbocycles. The molecule has 0 aliphatic rings. The molecule has 12 nitrogen and oxygen atoms in total. The number of aryl methyl sites for hydroxylation is 2. The van der Waals surface area contributed by atoms with Crippen LogP contribution in [0.2, 0.25) is 0 Å². The van der Waals surface area contributed by atoms with Gasteiger partial charge in [-0.15, -0.1) is 0 Å². The van der Waals surface area contributed by atoms with Crippen LogP contribution in [-0.4, -0.2) is 47.1 Å². The summed E-state index contributed by atoms with van der Waals surface area (Å²) in [5, 5.41) is 24.5. The number of alkyl carbamates (subject to hydrolysis) is 2. The molecule has 40 heavy (non-hydrogen) atoms. The van der Waals surface area contributed by atoms with Crippen molar-refractivity contribution in [3.8, 4) is 0 Å². The zero-order chi connectivity index (χ0) is 30.1. The predicted molar refractivity (Wildman–Crippen MR) is 149 cm³/mol. The molecule has 0 saturated carbocycles. The van der Waals surface area contributed by atoms with E-state index in [1.807, 2.05) is 12.1 Å². The minimum Gasteiger partial charge on any atom is -0.444 e. The molecule has 0 bridgehead atoms. The molecule has 2 rings (SSSR count). The number of carbonyl (C=O) groups is 4. The van der Waals surface area contributed by atoms with E-state index in [4.69, 9.17) is 20.3 Å². The maximum Gasteiger partial charge on any atom is 0.414 e. The molecule has 0 unspecified atom stereocenters. The highest BCUT2D eigenvalue weighted by Gasteiger charge is 2.19. The van der Waals surface area contributed by atoms with E-state index in [0.717, 1.165) is 11.1 Å². The van der Waals surface area contributed by atoms with Crippen molar-refractivity contribution >= 4 is 35.9 Å². The summed E-state index contributed by atoms with van der Waals surface area (Å²) < 4.78 is 10.1. The van der Waals surface area contributed by atoms with Gasteiger partial charge in [0.15, 0.2) is 0 Å². The molecule has 0 saturated heterocycles. The summed E-state index contributed by atoms with van der Waals surface area (Å²) in [4.78, 5) is 48.7. The Balaban J connectivity index is 1.93. The first-order valence-electron chi connectivity index (χ1n) is 12.5. The van der Waals surface area contributed by atoms with Crippen molar-refractivity contribution in [1.29, 1.82) is 10.8 Å². The number of hydrogen-bond acceptors (Lipinski definition) is 8. The number of amides is 4. The molecule has 6 N–H and O–H groups in total. The first-order valence-corrected chi connectivity index (χ1v) is 12.5. The van der Waals surface area contributed by atoms with E-state index < -0.39 is 47.1 Å². The summed E-state index contributed by atoms with van der Waals surface area (Å²) >= 11 is 0. The van der Waals surface area contributed by atoms with Crippen LogP contribution in [0.1, 0.15) is 73.4 Å². The fourth-order valence-corrected chi connectivity index (χ4v) is 3.27. The second kappa shape index (κ2) is 13.4. The lowest BCUT2D eigenvalue weighted by Gasteiger charge is -2.19. The minimum absolute atomic E-state index is 0.303. The lowest BCUT2D eigenvalue weighted by molar-refractivity contribution is 0.0548. The van der Waals surface area contributed by atoms with E-state index in [1.165, 1.54) is 0 Å². The van der Waals surface area contributed by atoms with Gasteiger partial charge < -0.3 is 9.47 Å². The molecule has 0 atom stereocenters. The van der Waals surface area contributed by atoms with Gasteiger partial charge in [0.05, 0.1) is 0 Å². The van der Waals surface area contributed by atoms with Crippen LogP contribution in [0.15, 0.2) is 48.5 Å². The predicted octanol–water partition coefficient (Wildman–Crippen LogP) is 3.85. The minimum atomic E-state index is -0.849. The van der Waals surface area contributed by atoms with Crippen molar-refractivity contribution in [2.45, 2.75) is 65.6 Å². The normalized spacial score (nSPS) is 11.1. The van der Waals surface area contributed by atoms with Gasteiger partial charge in [0, 0.05) is 11.1 Å². The average molecular weight is 553 g/mol. The SMILES string of the molecule is CC(C)(C)OC(=O)NC(=N)NC(=O)c1cccc(CCc2cccc(C(=O)NC(=N)NC(=O)OC(C)(C)C)c2)c1. The number of hydrogen-bond donors (Lipinski definition) is 6. The Morgan fingerprint density at radius 2 is 0.975 bits per heavy atom. The van der Waals surface area contributed by atoms with E-state index >= 15 is 0 Å². The van der Waals surface area contributed by atoms with Crippen molar-refractivity contribution in [2.75, 3.05) is 0 Å². The monoisotopic (exact) mass is 552 g/mol. The Labute approximate surface area is 233 Å². The van der Waals surface area contributed by atoms with Crippen LogP contribution in [0, 0.1) is 10.8 Å². The van der Waals surface area contributed by atoms with Crippen LogP contribution >= 0.6 is 0 Å². The standard InChI is InChI=1S/C28H36N6O6/c1-27(2,3)39-25(37)33-23(29)31-21(35)19-11-7-9-17(15-19)13-14-18-10-8-12-20(16-18)22(36)32-24(30)34-26(38)40-28(4,5)6/h7-12,15-16H,13-14H2,1-6H3,(H3,29,31,33,35,37)(H3,30,32,34,36,38). The van der Waals surface area contributed by atoms with Gasteiger partial charge in [-0.1, -0.05) is 24.3 Å². The van der Waals surface area contributed by atoms with Gasteiger partial charge in [0.2, 0.25) is 11.9 Å². The molecular weight excluding hydrogens is 516 g/mol. The Bertz CT molecular complexity index is 1190. The molecule has 0 aliphatic heterocycles. The van der Waals surface area contributed by atoms with Gasteiger partial charge in [-0.05, 0) is 89.8 Å². The molecule has 12 heteroatoms. The van der Waals surface area contributed by atoms with Gasteiger partial charge >= 0.3 is 12.2 Å². The van der Waals surface area contributed by atoms with Crippen LogP contribution in [0.4, 0.5) is 9.59 Å². The number of rotatable bonds is 5. The van der Waals surface area contributed by atoms with Gasteiger partial charge in [-0.2, -0.15) is 0 Å². The van der Waals surface area contributed by atoms with Gasteiger partial charge in [-0.25, -0.2) is 9.59 Å². The second-order valence-electron chi connectivity index (χ2n) is 10.8. The Hall–Kier alpha value is -4.74. The van der Waals surface area contributed by atoms with Crippen LogP contribution in [0.3, 0.4) is 0 Å². The summed E-state index contributed by atoms with van der Waals surface area (Å²) in [6.07, 6.45) is -0.594. The molecular formula is C28H36N6O6. The summed E-state index contributed by atoms with van der Waals surface area (Å²) in [7, 11) is 0. The molecule has 2 aromatic rings. The third-order valence-electron chi connectivity index (χ3n) is 4.81. The lowest BCUT2D eigenvalue weighted by Crippen LogP contribution is -2.45. The van der Waals surface area contributed by atoms with E-state index in [-0.39, 0.29) is 0 Å². The first-order chi connectivity index (χ1) is 18.5. The van der Waals surface area contributed by atoms with E-state index in [1.54, 1.807) is 77.9 Å². The molecule has 0 spiro atoms.